The highest BCUT2D eigenvalue weighted by molar-refractivity contribution is 6.42. The molecule has 0 radical (unpaired) electrons. The Morgan fingerprint density at radius 2 is 1.84 bits per heavy atom. The zero-order chi connectivity index (χ0) is 14.0. The summed E-state index contributed by atoms with van der Waals surface area (Å²) in [6.45, 7) is 3.95. The van der Waals surface area contributed by atoms with Crippen LogP contribution >= 0.6 is 23.2 Å². The molecular weight excluding hydrogens is 279 g/mol. The van der Waals surface area contributed by atoms with Crippen molar-refractivity contribution in [2.24, 2.45) is 0 Å². The van der Waals surface area contributed by atoms with Gasteiger partial charge in [0.25, 0.3) is 0 Å². The Labute approximate surface area is 123 Å². The average Bonchev–Trinajstić information content (AvgIpc) is 2.34. The fourth-order valence-electron chi connectivity index (χ4n) is 2.08. The Balaban J connectivity index is 2.28. The van der Waals surface area contributed by atoms with Crippen molar-refractivity contribution in [2.75, 3.05) is 0 Å². The summed E-state index contributed by atoms with van der Waals surface area (Å²) in [7, 11) is 0. The molecule has 3 heteroatoms. The minimum Gasteiger partial charge on any atom is -0.294 e. The van der Waals surface area contributed by atoms with Crippen LogP contribution in [-0.4, -0.2) is 5.78 Å². The van der Waals surface area contributed by atoms with E-state index in [2.05, 4.69) is 0 Å². The van der Waals surface area contributed by atoms with E-state index in [9.17, 15) is 4.79 Å². The van der Waals surface area contributed by atoms with Crippen molar-refractivity contribution in [3.05, 3.63) is 68.7 Å². The van der Waals surface area contributed by atoms with Gasteiger partial charge in [0, 0.05) is 12.0 Å². The van der Waals surface area contributed by atoms with Gasteiger partial charge in [-0.05, 0) is 31.0 Å². The molecule has 19 heavy (non-hydrogen) atoms. The molecule has 1 nitrogen and oxygen atoms in total. The number of aryl methyl sites for hydroxylation is 2. The second-order valence-corrected chi connectivity index (χ2v) is 5.42. The maximum absolute atomic E-state index is 12.3. The largest absolute Gasteiger partial charge is 0.294 e. The molecule has 0 unspecified atom stereocenters. The van der Waals surface area contributed by atoms with E-state index in [0.29, 0.717) is 10.0 Å². The molecule has 0 saturated heterocycles. The van der Waals surface area contributed by atoms with Gasteiger partial charge in [-0.1, -0.05) is 59.1 Å². The molecule has 0 aliphatic carbocycles. The number of halogens is 2. The minimum absolute atomic E-state index is 0.0571. The molecule has 2 aromatic rings. The van der Waals surface area contributed by atoms with Crippen LogP contribution < -0.4 is 0 Å². The van der Waals surface area contributed by atoms with Crippen LogP contribution in [0.15, 0.2) is 36.4 Å². The Morgan fingerprint density at radius 3 is 2.53 bits per heavy atom. The molecule has 0 fully saturated rings. The summed E-state index contributed by atoms with van der Waals surface area (Å²) < 4.78 is 0. The summed E-state index contributed by atoms with van der Waals surface area (Å²) in [6.07, 6.45) is 0.267. The third-order valence-electron chi connectivity index (χ3n) is 3.06. The molecule has 0 aliphatic heterocycles. The highest BCUT2D eigenvalue weighted by atomic mass is 35.5. The fraction of sp³-hybridized carbons (Fsp3) is 0.188. The van der Waals surface area contributed by atoms with Crippen LogP contribution in [-0.2, 0) is 6.42 Å². The molecule has 2 aromatic carbocycles. The third kappa shape index (κ3) is 3.17. The average molecular weight is 293 g/mol. The topological polar surface area (TPSA) is 17.1 Å². The maximum atomic E-state index is 12.3. The molecule has 0 saturated carbocycles. The van der Waals surface area contributed by atoms with Crippen LogP contribution in [0.5, 0.6) is 0 Å². The van der Waals surface area contributed by atoms with Crippen molar-refractivity contribution in [3.8, 4) is 0 Å². The van der Waals surface area contributed by atoms with Crippen LogP contribution in [0.25, 0.3) is 0 Å². The first kappa shape index (κ1) is 14.1. The van der Waals surface area contributed by atoms with Crippen molar-refractivity contribution >= 4 is 29.0 Å². The molecule has 2 rings (SSSR count). The van der Waals surface area contributed by atoms with E-state index >= 15 is 0 Å². The van der Waals surface area contributed by atoms with Gasteiger partial charge in [-0.2, -0.15) is 0 Å². The molecule has 0 aliphatic rings. The van der Waals surface area contributed by atoms with E-state index in [0.717, 1.165) is 22.3 Å². The van der Waals surface area contributed by atoms with Crippen molar-refractivity contribution in [2.45, 2.75) is 20.3 Å². The van der Waals surface area contributed by atoms with E-state index < -0.39 is 0 Å². The normalized spacial score (nSPS) is 10.5. The van der Waals surface area contributed by atoms with E-state index in [1.54, 1.807) is 12.1 Å². The lowest BCUT2D eigenvalue weighted by Gasteiger charge is -2.08. The van der Waals surface area contributed by atoms with Crippen molar-refractivity contribution in [1.29, 1.82) is 0 Å². The Morgan fingerprint density at radius 1 is 1.11 bits per heavy atom. The fourth-order valence-corrected chi connectivity index (χ4v) is 2.47. The summed E-state index contributed by atoms with van der Waals surface area (Å²) in [5.41, 5.74) is 3.64. The van der Waals surface area contributed by atoms with E-state index in [1.807, 2.05) is 38.1 Å². The molecular formula is C16H14Cl2O. The van der Waals surface area contributed by atoms with Crippen LogP contribution in [0.3, 0.4) is 0 Å². The summed E-state index contributed by atoms with van der Waals surface area (Å²) >= 11 is 12.1. The van der Waals surface area contributed by atoms with Gasteiger partial charge in [-0.3, -0.25) is 4.79 Å². The van der Waals surface area contributed by atoms with Gasteiger partial charge in [-0.15, -0.1) is 0 Å². The van der Waals surface area contributed by atoms with Gasteiger partial charge >= 0.3 is 0 Å². The number of benzene rings is 2. The number of Topliss-reactive ketones (excluding diaryl/α,β-unsaturated/α-hetero) is 1. The molecule has 0 amide bonds. The number of ketones is 1. The summed E-state index contributed by atoms with van der Waals surface area (Å²) in [5, 5.41) is 0.940. The predicted molar refractivity (Wildman–Crippen MR) is 80.4 cm³/mol. The predicted octanol–water partition coefficient (Wildman–Crippen LogP) is 5.04. The van der Waals surface area contributed by atoms with E-state index in [-0.39, 0.29) is 12.2 Å². The van der Waals surface area contributed by atoms with Crippen molar-refractivity contribution < 1.29 is 4.79 Å². The minimum atomic E-state index is 0.0571. The second kappa shape index (κ2) is 5.77. The molecule has 0 bridgehead atoms. The lowest BCUT2D eigenvalue weighted by molar-refractivity contribution is 0.0992. The van der Waals surface area contributed by atoms with Gasteiger partial charge in [0.05, 0.1) is 10.0 Å². The maximum Gasteiger partial charge on any atom is 0.167 e. The lowest BCUT2D eigenvalue weighted by Crippen LogP contribution is -2.06. The Hall–Kier alpha value is -1.31. The quantitative estimate of drug-likeness (QED) is 0.725. The van der Waals surface area contributed by atoms with Crippen molar-refractivity contribution in [3.63, 3.8) is 0 Å². The first-order chi connectivity index (χ1) is 8.99. The summed E-state index contributed by atoms with van der Waals surface area (Å²) in [5.74, 6) is 0.0571. The first-order valence-electron chi connectivity index (χ1n) is 6.02. The van der Waals surface area contributed by atoms with Gasteiger partial charge in [0.15, 0.2) is 5.78 Å². The Kier molecular flexibility index (Phi) is 4.28. The molecule has 98 valence electrons. The van der Waals surface area contributed by atoms with Crippen LogP contribution in [0.4, 0.5) is 0 Å². The van der Waals surface area contributed by atoms with E-state index in [4.69, 9.17) is 23.2 Å². The lowest BCUT2D eigenvalue weighted by atomic mass is 9.98. The second-order valence-electron chi connectivity index (χ2n) is 4.63. The SMILES string of the molecule is Cc1ccc(C(=O)Cc2cccc(Cl)c2Cl)c(C)c1. The third-order valence-corrected chi connectivity index (χ3v) is 3.92. The van der Waals surface area contributed by atoms with Crippen LogP contribution in [0, 0.1) is 13.8 Å². The highest BCUT2D eigenvalue weighted by Crippen LogP contribution is 2.26. The molecule has 0 spiro atoms. The van der Waals surface area contributed by atoms with Gasteiger partial charge in [0.2, 0.25) is 0 Å². The number of carbonyl (C=O) groups excluding carboxylic acids is 1. The highest BCUT2D eigenvalue weighted by Gasteiger charge is 2.13. The monoisotopic (exact) mass is 292 g/mol. The summed E-state index contributed by atoms with van der Waals surface area (Å²) in [4.78, 5) is 12.3. The smallest absolute Gasteiger partial charge is 0.167 e. The summed E-state index contributed by atoms with van der Waals surface area (Å²) in [6, 6.07) is 11.2. The van der Waals surface area contributed by atoms with E-state index in [1.165, 1.54) is 0 Å². The first-order valence-corrected chi connectivity index (χ1v) is 6.78. The van der Waals surface area contributed by atoms with Gasteiger partial charge < -0.3 is 0 Å². The molecule has 0 aromatic heterocycles. The zero-order valence-corrected chi connectivity index (χ0v) is 12.3. The Bertz CT molecular complexity index is 633. The molecule has 0 N–H and O–H groups in total. The number of rotatable bonds is 3. The standard InChI is InChI=1S/C16H14Cl2O/c1-10-6-7-13(11(2)8-10)15(19)9-12-4-3-5-14(17)16(12)18/h3-8H,9H2,1-2H3. The number of carbonyl (C=O) groups is 1. The van der Waals surface area contributed by atoms with Gasteiger partial charge in [0.1, 0.15) is 0 Å². The number of hydrogen-bond acceptors (Lipinski definition) is 1. The number of hydrogen-bond donors (Lipinski definition) is 0. The van der Waals surface area contributed by atoms with Crippen LogP contribution in [0.2, 0.25) is 10.0 Å². The molecule has 0 atom stereocenters. The molecule has 0 heterocycles. The van der Waals surface area contributed by atoms with Crippen LogP contribution in [0.1, 0.15) is 27.0 Å². The van der Waals surface area contributed by atoms with Gasteiger partial charge in [-0.25, -0.2) is 0 Å². The zero-order valence-electron chi connectivity index (χ0n) is 10.8. The van der Waals surface area contributed by atoms with Crippen molar-refractivity contribution in [1.82, 2.24) is 0 Å².